The maximum Gasteiger partial charge on any atom is 0.408 e. The molecule has 0 aliphatic heterocycles. The molecular formula is C15H21ClN2O3. The van der Waals surface area contributed by atoms with Gasteiger partial charge in [0.1, 0.15) is 11.6 Å². The first-order chi connectivity index (χ1) is 9.58. The summed E-state index contributed by atoms with van der Waals surface area (Å²) < 4.78 is 5.10. The van der Waals surface area contributed by atoms with E-state index in [0.717, 1.165) is 5.56 Å². The lowest BCUT2D eigenvalue weighted by atomic mass is 10.2. The molecule has 0 saturated carbocycles. The molecule has 0 spiro atoms. The minimum absolute atomic E-state index is 0.328. The number of carbonyl (C=O) groups excluding carboxylic acids is 2. The van der Waals surface area contributed by atoms with E-state index in [4.69, 9.17) is 16.3 Å². The lowest BCUT2D eigenvalue weighted by molar-refractivity contribution is -0.117. The van der Waals surface area contributed by atoms with E-state index >= 15 is 0 Å². The molecule has 1 aromatic carbocycles. The molecule has 2 amide bonds. The number of rotatable bonds is 3. The van der Waals surface area contributed by atoms with Gasteiger partial charge in [-0.1, -0.05) is 11.6 Å². The fourth-order valence-corrected chi connectivity index (χ4v) is 1.78. The highest BCUT2D eigenvalue weighted by molar-refractivity contribution is 6.30. The predicted molar refractivity (Wildman–Crippen MR) is 83.7 cm³/mol. The second kappa shape index (κ2) is 6.80. The fourth-order valence-electron chi connectivity index (χ4n) is 1.56. The molecule has 1 atom stereocenters. The number of halogens is 1. The van der Waals surface area contributed by atoms with Crippen molar-refractivity contribution >= 4 is 29.3 Å². The van der Waals surface area contributed by atoms with Crippen LogP contribution in [0, 0.1) is 6.92 Å². The van der Waals surface area contributed by atoms with Crippen LogP contribution in [0.3, 0.4) is 0 Å². The minimum atomic E-state index is -0.713. The zero-order chi connectivity index (χ0) is 16.2. The molecule has 116 valence electrons. The molecule has 0 radical (unpaired) electrons. The Kier molecular flexibility index (Phi) is 5.61. The minimum Gasteiger partial charge on any atom is -0.444 e. The van der Waals surface area contributed by atoms with E-state index in [1.54, 1.807) is 45.9 Å². The molecule has 0 saturated heterocycles. The van der Waals surface area contributed by atoms with Gasteiger partial charge in [-0.25, -0.2) is 4.79 Å². The van der Waals surface area contributed by atoms with Crippen LogP contribution in [0.5, 0.6) is 0 Å². The van der Waals surface area contributed by atoms with Crippen molar-refractivity contribution in [3.05, 3.63) is 28.8 Å². The van der Waals surface area contributed by atoms with Crippen LogP contribution in [0.2, 0.25) is 5.02 Å². The smallest absolute Gasteiger partial charge is 0.408 e. The highest BCUT2D eigenvalue weighted by atomic mass is 35.5. The van der Waals surface area contributed by atoms with Crippen molar-refractivity contribution in [2.45, 2.75) is 46.3 Å². The topological polar surface area (TPSA) is 67.4 Å². The first-order valence-corrected chi connectivity index (χ1v) is 7.03. The summed E-state index contributed by atoms with van der Waals surface area (Å²) in [6.07, 6.45) is -0.627. The number of anilines is 1. The summed E-state index contributed by atoms with van der Waals surface area (Å²) in [5, 5.41) is 5.83. The molecule has 1 unspecified atom stereocenters. The number of hydrogen-bond acceptors (Lipinski definition) is 3. The van der Waals surface area contributed by atoms with Crippen molar-refractivity contribution in [3.63, 3.8) is 0 Å². The van der Waals surface area contributed by atoms with E-state index in [1.165, 1.54) is 0 Å². The standard InChI is InChI=1S/C15H21ClN2O3/c1-9-8-11(16)6-7-12(9)18-13(19)10(2)17-14(20)21-15(3,4)5/h6-8,10H,1-5H3,(H,17,20)(H,18,19). The van der Waals surface area contributed by atoms with Crippen molar-refractivity contribution in [1.82, 2.24) is 5.32 Å². The fraction of sp³-hybridized carbons (Fsp3) is 0.467. The summed E-state index contributed by atoms with van der Waals surface area (Å²) in [5.41, 5.74) is 0.898. The average Bonchev–Trinajstić information content (AvgIpc) is 2.29. The number of aryl methyl sites for hydroxylation is 1. The molecule has 1 rings (SSSR count). The SMILES string of the molecule is Cc1cc(Cl)ccc1NC(=O)C(C)NC(=O)OC(C)(C)C. The third kappa shape index (κ3) is 6.04. The third-order valence-electron chi connectivity index (χ3n) is 2.57. The van der Waals surface area contributed by atoms with Crippen LogP contribution in [0.15, 0.2) is 18.2 Å². The number of hydrogen-bond donors (Lipinski definition) is 2. The Morgan fingerprint density at radius 2 is 1.90 bits per heavy atom. The maximum absolute atomic E-state index is 12.0. The van der Waals surface area contributed by atoms with E-state index < -0.39 is 17.7 Å². The van der Waals surface area contributed by atoms with Gasteiger partial charge in [0.15, 0.2) is 0 Å². The van der Waals surface area contributed by atoms with Gasteiger partial charge in [-0.2, -0.15) is 0 Å². The number of nitrogens with one attached hydrogen (secondary N) is 2. The van der Waals surface area contributed by atoms with Gasteiger partial charge in [0.2, 0.25) is 5.91 Å². The number of benzene rings is 1. The molecule has 2 N–H and O–H groups in total. The van der Waals surface area contributed by atoms with Crippen molar-refractivity contribution in [3.8, 4) is 0 Å². The van der Waals surface area contributed by atoms with Gasteiger partial charge >= 0.3 is 6.09 Å². The van der Waals surface area contributed by atoms with Crippen LogP contribution >= 0.6 is 11.6 Å². The van der Waals surface area contributed by atoms with Crippen LogP contribution in [0.4, 0.5) is 10.5 Å². The molecule has 1 aromatic rings. The monoisotopic (exact) mass is 312 g/mol. The Balaban J connectivity index is 2.61. The zero-order valence-corrected chi connectivity index (χ0v) is 13.7. The Labute approximate surface area is 130 Å². The van der Waals surface area contributed by atoms with E-state index in [0.29, 0.717) is 10.7 Å². The van der Waals surface area contributed by atoms with Gasteiger partial charge in [0.05, 0.1) is 0 Å². The maximum atomic E-state index is 12.0. The zero-order valence-electron chi connectivity index (χ0n) is 12.9. The molecule has 5 nitrogen and oxygen atoms in total. The highest BCUT2D eigenvalue weighted by Crippen LogP contribution is 2.19. The molecule has 0 aliphatic carbocycles. The molecule has 6 heteroatoms. The number of ether oxygens (including phenoxy) is 1. The molecule has 21 heavy (non-hydrogen) atoms. The van der Waals surface area contributed by atoms with E-state index in [9.17, 15) is 9.59 Å². The summed E-state index contributed by atoms with van der Waals surface area (Å²) in [5.74, 6) is -0.328. The predicted octanol–water partition coefficient (Wildman–Crippen LogP) is 3.50. The Hall–Kier alpha value is -1.75. The van der Waals surface area contributed by atoms with Crippen molar-refractivity contribution in [1.29, 1.82) is 0 Å². The highest BCUT2D eigenvalue weighted by Gasteiger charge is 2.21. The first-order valence-electron chi connectivity index (χ1n) is 6.65. The molecule has 0 heterocycles. The molecule has 0 aromatic heterocycles. The Morgan fingerprint density at radius 1 is 1.29 bits per heavy atom. The molecule has 0 fully saturated rings. The summed E-state index contributed by atoms with van der Waals surface area (Å²) in [6.45, 7) is 8.70. The summed E-state index contributed by atoms with van der Waals surface area (Å²) in [4.78, 5) is 23.6. The number of alkyl carbamates (subject to hydrolysis) is 1. The lowest BCUT2D eigenvalue weighted by Gasteiger charge is -2.21. The normalized spacial score (nSPS) is 12.5. The summed E-state index contributed by atoms with van der Waals surface area (Å²) in [7, 11) is 0. The number of amides is 2. The van der Waals surface area contributed by atoms with E-state index in [-0.39, 0.29) is 5.91 Å². The van der Waals surface area contributed by atoms with E-state index in [2.05, 4.69) is 10.6 Å². The van der Waals surface area contributed by atoms with Crippen molar-refractivity contribution in [2.24, 2.45) is 0 Å². The van der Waals surface area contributed by atoms with Crippen LogP contribution in [-0.2, 0) is 9.53 Å². The second-order valence-corrected chi connectivity index (χ2v) is 6.25. The second-order valence-electron chi connectivity index (χ2n) is 5.82. The van der Waals surface area contributed by atoms with Crippen LogP contribution in [0.25, 0.3) is 0 Å². The van der Waals surface area contributed by atoms with Gasteiger partial charge in [-0.05, 0) is 58.4 Å². The van der Waals surface area contributed by atoms with Crippen molar-refractivity contribution < 1.29 is 14.3 Å². The summed E-state index contributed by atoms with van der Waals surface area (Å²) in [6, 6.07) is 4.45. The molecular weight excluding hydrogens is 292 g/mol. The Morgan fingerprint density at radius 3 is 2.43 bits per heavy atom. The Bertz CT molecular complexity index is 538. The largest absolute Gasteiger partial charge is 0.444 e. The van der Waals surface area contributed by atoms with Gasteiger partial charge in [-0.3, -0.25) is 4.79 Å². The average molecular weight is 313 g/mol. The summed E-state index contributed by atoms with van der Waals surface area (Å²) >= 11 is 5.86. The van der Waals surface area contributed by atoms with Crippen LogP contribution in [0.1, 0.15) is 33.3 Å². The van der Waals surface area contributed by atoms with Gasteiger partial charge in [0, 0.05) is 10.7 Å². The number of carbonyl (C=O) groups is 2. The van der Waals surface area contributed by atoms with Crippen molar-refractivity contribution in [2.75, 3.05) is 5.32 Å². The quantitative estimate of drug-likeness (QED) is 0.897. The first kappa shape index (κ1) is 17.3. The molecule has 0 bridgehead atoms. The third-order valence-corrected chi connectivity index (χ3v) is 2.81. The van der Waals surface area contributed by atoms with Crippen LogP contribution in [-0.4, -0.2) is 23.6 Å². The van der Waals surface area contributed by atoms with Crippen LogP contribution < -0.4 is 10.6 Å². The molecule has 0 aliphatic rings. The van der Waals surface area contributed by atoms with E-state index in [1.807, 2.05) is 6.92 Å². The van der Waals surface area contributed by atoms with Gasteiger partial charge in [-0.15, -0.1) is 0 Å². The van der Waals surface area contributed by atoms with Gasteiger partial charge < -0.3 is 15.4 Å². The lowest BCUT2D eigenvalue weighted by Crippen LogP contribution is -2.44. The van der Waals surface area contributed by atoms with Gasteiger partial charge in [0.25, 0.3) is 0 Å².